The van der Waals surface area contributed by atoms with E-state index in [0.717, 1.165) is 56.9 Å². The van der Waals surface area contributed by atoms with Crippen LogP contribution in [0.15, 0.2) is 18.2 Å². The van der Waals surface area contributed by atoms with Crippen molar-refractivity contribution in [1.29, 1.82) is 0 Å². The molecule has 4 aliphatic rings. The minimum atomic E-state index is -0.838. The van der Waals surface area contributed by atoms with E-state index in [1.54, 1.807) is 7.11 Å². The SMILES string of the molecule is COc1ccc2c(c1)[C@]13CCCN(CC4CC4)[C@H](C2)[C@]1(O)C[C@H](O)CC3. The number of hydrogen-bond acceptors (Lipinski definition) is 4. The number of hydrogen-bond donors (Lipinski definition) is 2. The van der Waals surface area contributed by atoms with E-state index in [9.17, 15) is 10.2 Å². The quantitative estimate of drug-likeness (QED) is 0.873. The van der Waals surface area contributed by atoms with Gasteiger partial charge in [0.05, 0.1) is 18.8 Å². The fourth-order valence-electron chi connectivity index (χ4n) is 6.29. The summed E-state index contributed by atoms with van der Waals surface area (Å²) in [6.07, 6.45) is 7.47. The highest BCUT2D eigenvalue weighted by atomic mass is 16.5. The first-order valence-electron chi connectivity index (χ1n) is 10.4. The van der Waals surface area contributed by atoms with E-state index in [0.29, 0.717) is 6.42 Å². The summed E-state index contributed by atoms with van der Waals surface area (Å²) in [7, 11) is 1.71. The Bertz CT molecular complexity index is 703. The average Bonchev–Trinajstić information content (AvgIpc) is 3.44. The van der Waals surface area contributed by atoms with E-state index in [2.05, 4.69) is 23.1 Å². The van der Waals surface area contributed by atoms with E-state index < -0.39 is 5.60 Å². The van der Waals surface area contributed by atoms with Crippen LogP contribution >= 0.6 is 0 Å². The van der Waals surface area contributed by atoms with E-state index in [1.165, 1.54) is 24.0 Å². The highest BCUT2D eigenvalue weighted by Crippen LogP contribution is 2.58. The predicted molar refractivity (Wildman–Crippen MR) is 101 cm³/mol. The van der Waals surface area contributed by atoms with Gasteiger partial charge in [-0.05, 0) is 80.7 Å². The molecule has 3 aliphatic carbocycles. The lowest BCUT2D eigenvalue weighted by Crippen LogP contribution is -2.68. The molecule has 0 amide bonds. The summed E-state index contributed by atoms with van der Waals surface area (Å²) in [4.78, 5) is 2.57. The molecule has 1 heterocycles. The minimum absolute atomic E-state index is 0.126. The fraction of sp³-hybridized carbons (Fsp3) is 0.727. The molecule has 2 bridgehead atoms. The summed E-state index contributed by atoms with van der Waals surface area (Å²) in [6.45, 7) is 2.19. The molecule has 0 aromatic heterocycles. The number of aliphatic hydroxyl groups is 2. The van der Waals surface area contributed by atoms with Gasteiger partial charge in [-0.25, -0.2) is 0 Å². The van der Waals surface area contributed by atoms with Crippen LogP contribution in [0.3, 0.4) is 0 Å². The Labute approximate surface area is 156 Å². The molecule has 0 radical (unpaired) electrons. The first kappa shape index (κ1) is 17.0. The Morgan fingerprint density at radius 2 is 2.08 bits per heavy atom. The summed E-state index contributed by atoms with van der Waals surface area (Å²) < 4.78 is 5.52. The minimum Gasteiger partial charge on any atom is -0.497 e. The number of ether oxygens (including phenoxy) is 1. The van der Waals surface area contributed by atoms with Crippen molar-refractivity contribution in [1.82, 2.24) is 4.90 Å². The highest BCUT2D eigenvalue weighted by molar-refractivity contribution is 5.48. The van der Waals surface area contributed by atoms with Crippen molar-refractivity contribution in [2.75, 3.05) is 20.2 Å². The maximum atomic E-state index is 12.2. The van der Waals surface area contributed by atoms with Crippen LogP contribution in [0.2, 0.25) is 0 Å². The van der Waals surface area contributed by atoms with Gasteiger partial charge < -0.3 is 14.9 Å². The van der Waals surface area contributed by atoms with Crippen molar-refractivity contribution < 1.29 is 14.9 Å². The standard InChI is InChI=1S/C22H31NO3/c1-26-18-6-5-16-11-20-22(25)13-17(24)7-9-21(22,19(16)12-18)8-2-10-23(20)14-15-3-4-15/h5-6,12,15,17,20,24-25H,2-4,7-11,13-14H2,1H3/t17-,20-,21-,22-/m1/s1. The van der Waals surface area contributed by atoms with Gasteiger partial charge in [0.1, 0.15) is 5.75 Å². The van der Waals surface area contributed by atoms with Crippen molar-refractivity contribution in [3.05, 3.63) is 29.3 Å². The Kier molecular flexibility index (Phi) is 3.90. The Balaban J connectivity index is 1.65. The number of aliphatic hydroxyl groups excluding tert-OH is 1. The first-order valence-corrected chi connectivity index (χ1v) is 10.4. The van der Waals surface area contributed by atoms with E-state index in [4.69, 9.17) is 4.74 Å². The van der Waals surface area contributed by atoms with Gasteiger partial charge in [-0.15, -0.1) is 0 Å². The Morgan fingerprint density at radius 1 is 1.23 bits per heavy atom. The fourth-order valence-corrected chi connectivity index (χ4v) is 6.29. The third kappa shape index (κ3) is 2.38. The van der Waals surface area contributed by atoms with Crippen LogP contribution in [0.25, 0.3) is 0 Å². The molecule has 4 nitrogen and oxygen atoms in total. The second kappa shape index (κ2) is 5.95. The van der Waals surface area contributed by atoms with Crippen LogP contribution in [0.1, 0.15) is 56.1 Å². The smallest absolute Gasteiger partial charge is 0.119 e. The van der Waals surface area contributed by atoms with Gasteiger partial charge in [-0.2, -0.15) is 0 Å². The van der Waals surface area contributed by atoms with Crippen molar-refractivity contribution in [2.45, 2.75) is 74.5 Å². The van der Waals surface area contributed by atoms with Crippen LogP contribution in [-0.2, 0) is 11.8 Å². The summed E-state index contributed by atoms with van der Waals surface area (Å²) in [5.41, 5.74) is 1.59. The first-order chi connectivity index (χ1) is 12.6. The predicted octanol–water partition coefficient (Wildman–Crippen LogP) is 2.64. The van der Waals surface area contributed by atoms with Gasteiger partial charge in [0.2, 0.25) is 0 Å². The molecule has 1 saturated heterocycles. The lowest BCUT2D eigenvalue weighted by molar-refractivity contribution is -0.152. The molecule has 1 aromatic carbocycles. The number of nitrogens with zero attached hydrogens (tertiary/aromatic N) is 1. The van der Waals surface area contributed by atoms with Crippen molar-refractivity contribution in [3.8, 4) is 5.75 Å². The number of fused-ring (bicyclic) bond motifs is 1. The molecule has 0 spiro atoms. The van der Waals surface area contributed by atoms with Gasteiger partial charge in [0, 0.05) is 24.4 Å². The van der Waals surface area contributed by atoms with Crippen LogP contribution in [0.4, 0.5) is 0 Å². The highest BCUT2D eigenvalue weighted by Gasteiger charge is 2.63. The lowest BCUT2D eigenvalue weighted by Gasteiger charge is -2.59. The summed E-state index contributed by atoms with van der Waals surface area (Å²) in [5, 5.41) is 22.7. The molecular weight excluding hydrogens is 326 g/mol. The third-order valence-electron chi connectivity index (χ3n) is 7.76. The number of rotatable bonds is 3. The monoisotopic (exact) mass is 357 g/mol. The Morgan fingerprint density at radius 3 is 2.85 bits per heavy atom. The molecule has 1 aliphatic heterocycles. The molecular formula is C22H31NO3. The molecule has 4 heteroatoms. The number of likely N-dealkylation sites (tertiary alicyclic amines) is 1. The topological polar surface area (TPSA) is 52.9 Å². The zero-order valence-corrected chi connectivity index (χ0v) is 15.8. The normalized spacial score (nSPS) is 39.7. The second-order valence-corrected chi connectivity index (χ2v) is 9.19. The second-order valence-electron chi connectivity index (χ2n) is 9.19. The van der Waals surface area contributed by atoms with Gasteiger partial charge >= 0.3 is 0 Å². The third-order valence-corrected chi connectivity index (χ3v) is 7.76. The van der Waals surface area contributed by atoms with Crippen LogP contribution in [0.5, 0.6) is 5.75 Å². The van der Waals surface area contributed by atoms with E-state index in [1.807, 2.05) is 0 Å². The molecule has 5 rings (SSSR count). The summed E-state index contributed by atoms with van der Waals surface area (Å²) in [6, 6.07) is 6.58. The molecule has 2 N–H and O–H groups in total. The van der Waals surface area contributed by atoms with Crippen molar-refractivity contribution in [3.63, 3.8) is 0 Å². The maximum absolute atomic E-state index is 12.2. The molecule has 0 unspecified atom stereocenters. The average molecular weight is 357 g/mol. The Hall–Kier alpha value is -1.10. The van der Waals surface area contributed by atoms with Crippen LogP contribution in [0, 0.1) is 5.92 Å². The largest absolute Gasteiger partial charge is 0.497 e. The van der Waals surface area contributed by atoms with Gasteiger partial charge in [0.25, 0.3) is 0 Å². The lowest BCUT2D eigenvalue weighted by atomic mass is 9.51. The zero-order valence-electron chi connectivity index (χ0n) is 15.8. The molecule has 26 heavy (non-hydrogen) atoms. The molecule has 142 valence electrons. The molecule has 1 aromatic rings. The number of benzene rings is 1. The van der Waals surface area contributed by atoms with Crippen molar-refractivity contribution in [2.24, 2.45) is 5.92 Å². The zero-order chi connectivity index (χ0) is 17.9. The molecule has 4 atom stereocenters. The van der Waals surface area contributed by atoms with Gasteiger partial charge in [0.15, 0.2) is 0 Å². The van der Waals surface area contributed by atoms with E-state index in [-0.39, 0.29) is 17.6 Å². The van der Waals surface area contributed by atoms with Crippen molar-refractivity contribution >= 4 is 0 Å². The number of methoxy groups -OCH3 is 1. The summed E-state index contributed by atoms with van der Waals surface area (Å²) in [5.74, 6) is 1.70. The molecule has 3 fully saturated rings. The maximum Gasteiger partial charge on any atom is 0.119 e. The van der Waals surface area contributed by atoms with Gasteiger partial charge in [-0.3, -0.25) is 4.90 Å². The summed E-state index contributed by atoms with van der Waals surface area (Å²) >= 11 is 0. The van der Waals surface area contributed by atoms with Gasteiger partial charge in [-0.1, -0.05) is 6.07 Å². The van der Waals surface area contributed by atoms with E-state index >= 15 is 0 Å². The van der Waals surface area contributed by atoms with Crippen LogP contribution in [-0.4, -0.2) is 53.1 Å². The van der Waals surface area contributed by atoms with Crippen LogP contribution < -0.4 is 4.74 Å². The molecule has 2 saturated carbocycles.